The highest BCUT2D eigenvalue weighted by atomic mass is 35.5. The summed E-state index contributed by atoms with van der Waals surface area (Å²) in [6.07, 6.45) is 1.53. The summed E-state index contributed by atoms with van der Waals surface area (Å²) in [6.45, 7) is 5.19. The molecule has 3 N–H and O–H groups in total. The van der Waals surface area contributed by atoms with E-state index in [-0.39, 0.29) is 30.3 Å². The first-order valence-corrected chi connectivity index (χ1v) is 9.28. The fourth-order valence-corrected chi connectivity index (χ4v) is 3.85. The third-order valence-electron chi connectivity index (χ3n) is 4.57. The van der Waals surface area contributed by atoms with Gasteiger partial charge in [0.05, 0.1) is 4.88 Å². The van der Waals surface area contributed by atoms with Crippen molar-refractivity contribution in [1.29, 1.82) is 0 Å². The molecule has 2 heterocycles. The van der Waals surface area contributed by atoms with Crippen LogP contribution >= 0.6 is 23.7 Å². The number of piperidine rings is 1. The lowest BCUT2D eigenvalue weighted by Crippen LogP contribution is -2.46. The number of likely N-dealkylation sites (tertiary alicyclic amines) is 1. The minimum Gasteiger partial charge on any atom is -0.399 e. The number of aryl methyl sites for hydroxylation is 2. The number of hydrogen-bond acceptors (Lipinski definition) is 4. The van der Waals surface area contributed by atoms with Crippen molar-refractivity contribution < 1.29 is 9.59 Å². The van der Waals surface area contributed by atoms with Gasteiger partial charge in [-0.1, -0.05) is 6.07 Å². The van der Waals surface area contributed by atoms with E-state index in [1.54, 1.807) is 12.1 Å². The summed E-state index contributed by atoms with van der Waals surface area (Å²) in [7, 11) is 0. The summed E-state index contributed by atoms with van der Waals surface area (Å²) in [5.74, 6) is -0.00184. The molecule has 5 nitrogen and oxygen atoms in total. The van der Waals surface area contributed by atoms with Crippen LogP contribution in [0.5, 0.6) is 0 Å². The molecule has 1 aromatic heterocycles. The number of nitrogens with two attached hydrogens (primary N) is 1. The van der Waals surface area contributed by atoms with Crippen molar-refractivity contribution in [3.05, 3.63) is 51.2 Å². The molecule has 1 saturated heterocycles. The van der Waals surface area contributed by atoms with Gasteiger partial charge in [-0.25, -0.2) is 0 Å². The van der Waals surface area contributed by atoms with Gasteiger partial charge in [-0.2, -0.15) is 0 Å². The van der Waals surface area contributed by atoms with Gasteiger partial charge in [-0.15, -0.1) is 23.7 Å². The van der Waals surface area contributed by atoms with Gasteiger partial charge in [-0.05, 0) is 56.5 Å². The summed E-state index contributed by atoms with van der Waals surface area (Å²) < 4.78 is 0. The van der Waals surface area contributed by atoms with Gasteiger partial charge in [0.25, 0.3) is 11.8 Å². The number of anilines is 1. The molecular weight excluding hydrogens is 370 g/mol. The van der Waals surface area contributed by atoms with Crippen LogP contribution in [0, 0.1) is 13.8 Å². The zero-order valence-electron chi connectivity index (χ0n) is 15.0. The second-order valence-corrected chi connectivity index (χ2v) is 7.81. The monoisotopic (exact) mass is 393 g/mol. The number of carbonyl (C=O) groups excluding carboxylic acids is 2. The van der Waals surface area contributed by atoms with E-state index in [9.17, 15) is 9.59 Å². The van der Waals surface area contributed by atoms with Gasteiger partial charge in [0.1, 0.15) is 0 Å². The largest absolute Gasteiger partial charge is 0.399 e. The molecule has 7 heteroatoms. The lowest BCUT2D eigenvalue weighted by molar-refractivity contribution is 0.0698. The van der Waals surface area contributed by atoms with Crippen LogP contribution in [0.4, 0.5) is 5.69 Å². The molecule has 3 rings (SSSR count). The van der Waals surface area contributed by atoms with Gasteiger partial charge in [0.2, 0.25) is 0 Å². The molecular formula is C19H24ClN3O2S. The maximum Gasteiger partial charge on any atom is 0.261 e. The van der Waals surface area contributed by atoms with Crippen molar-refractivity contribution in [2.45, 2.75) is 32.7 Å². The fourth-order valence-electron chi connectivity index (χ4n) is 3.08. The standard InChI is InChI=1S/C19H23N3O2S.ClH/c1-12-3-5-14(20)11-16(12)19(24)22-9-7-15(8-10-22)21-18(23)17-6-4-13(2)25-17;/h3-6,11,15H,7-10,20H2,1-2H3,(H,21,23);1H. The molecule has 0 bridgehead atoms. The van der Waals surface area contributed by atoms with Crippen molar-refractivity contribution in [3.63, 3.8) is 0 Å². The van der Waals surface area contributed by atoms with Crippen molar-refractivity contribution in [1.82, 2.24) is 10.2 Å². The highest BCUT2D eigenvalue weighted by Gasteiger charge is 2.26. The predicted molar refractivity (Wildman–Crippen MR) is 108 cm³/mol. The number of hydrogen-bond donors (Lipinski definition) is 2. The number of nitrogens with one attached hydrogen (secondary N) is 1. The van der Waals surface area contributed by atoms with E-state index in [1.165, 1.54) is 11.3 Å². The number of amides is 2. The predicted octanol–water partition coefficient (Wildman–Crippen LogP) is 3.40. The Morgan fingerprint density at radius 3 is 2.46 bits per heavy atom. The van der Waals surface area contributed by atoms with E-state index in [2.05, 4.69) is 5.32 Å². The molecule has 0 atom stereocenters. The number of benzene rings is 1. The average molecular weight is 394 g/mol. The molecule has 140 valence electrons. The Balaban J connectivity index is 0.00000243. The first-order valence-electron chi connectivity index (χ1n) is 8.47. The zero-order valence-corrected chi connectivity index (χ0v) is 16.6. The minimum atomic E-state index is -0.0189. The van der Waals surface area contributed by atoms with Crippen LogP contribution in [0.2, 0.25) is 0 Å². The highest BCUT2D eigenvalue weighted by molar-refractivity contribution is 7.13. The van der Waals surface area contributed by atoms with Crippen molar-refractivity contribution in [2.24, 2.45) is 0 Å². The third kappa shape index (κ3) is 4.56. The molecule has 0 spiro atoms. The number of rotatable bonds is 3. The van der Waals surface area contributed by atoms with Crippen LogP contribution in [0.1, 0.15) is 43.3 Å². The number of thiophene rings is 1. The maximum atomic E-state index is 12.7. The molecule has 0 radical (unpaired) electrons. The number of nitrogen functional groups attached to an aromatic ring is 1. The number of halogens is 1. The van der Waals surface area contributed by atoms with E-state index in [0.717, 1.165) is 28.2 Å². The van der Waals surface area contributed by atoms with E-state index in [0.29, 0.717) is 24.3 Å². The number of nitrogens with zero attached hydrogens (tertiary/aromatic N) is 1. The van der Waals surface area contributed by atoms with Crippen molar-refractivity contribution >= 4 is 41.2 Å². The third-order valence-corrected chi connectivity index (χ3v) is 5.57. The fraction of sp³-hybridized carbons (Fsp3) is 0.368. The molecule has 0 saturated carbocycles. The Bertz CT molecular complexity index is 798. The van der Waals surface area contributed by atoms with Gasteiger partial charge in [0.15, 0.2) is 0 Å². The van der Waals surface area contributed by atoms with E-state index in [1.807, 2.05) is 36.9 Å². The Hall–Kier alpha value is -2.05. The molecule has 26 heavy (non-hydrogen) atoms. The molecule has 0 aliphatic carbocycles. The van der Waals surface area contributed by atoms with Crippen LogP contribution in [-0.4, -0.2) is 35.8 Å². The van der Waals surface area contributed by atoms with E-state index in [4.69, 9.17) is 5.73 Å². The van der Waals surface area contributed by atoms with Gasteiger partial charge < -0.3 is 16.0 Å². The molecule has 1 aliphatic rings. The average Bonchev–Trinajstić information content (AvgIpc) is 3.04. The van der Waals surface area contributed by atoms with Gasteiger partial charge in [0, 0.05) is 35.3 Å². The van der Waals surface area contributed by atoms with Crippen molar-refractivity contribution in [3.8, 4) is 0 Å². The van der Waals surface area contributed by atoms with Gasteiger partial charge >= 0.3 is 0 Å². The maximum absolute atomic E-state index is 12.7. The summed E-state index contributed by atoms with van der Waals surface area (Å²) in [5, 5.41) is 3.08. The summed E-state index contributed by atoms with van der Waals surface area (Å²) in [5.41, 5.74) is 8.01. The van der Waals surface area contributed by atoms with Crippen LogP contribution < -0.4 is 11.1 Å². The molecule has 2 amide bonds. The highest BCUT2D eigenvalue weighted by Crippen LogP contribution is 2.20. The Morgan fingerprint density at radius 1 is 1.15 bits per heavy atom. The van der Waals surface area contributed by atoms with E-state index >= 15 is 0 Å². The topological polar surface area (TPSA) is 75.4 Å². The van der Waals surface area contributed by atoms with Crippen LogP contribution in [0.15, 0.2) is 30.3 Å². The SMILES string of the molecule is Cc1ccc(C(=O)NC2CCN(C(=O)c3cc(N)ccc3C)CC2)s1.Cl. The lowest BCUT2D eigenvalue weighted by atomic mass is 10.0. The van der Waals surface area contributed by atoms with Crippen LogP contribution in [0.25, 0.3) is 0 Å². The van der Waals surface area contributed by atoms with E-state index < -0.39 is 0 Å². The minimum absolute atomic E-state index is 0. The van der Waals surface area contributed by atoms with Crippen LogP contribution in [-0.2, 0) is 0 Å². The Labute approximate surface area is 164 Å². The first kappa shape index (κ1) is 20.3. The number of carbonyl (C=O) groups is 2. The smallest absolute Gasteiger partial charge is 0.261 e. The first-order chi connectivity index (χ1) is 11.9. The Morgan fingerprint density at radius 2 is 1.85 bits per heavy atom. The molecule has 0 unspecified atom stereocenters. The summed E-state index contributed by atoms with van der Waals surface area (Å²) in [6, 6.07) is 9.34. The normalized spacial score (nSPS) is 14.6. The second-order valence-electron chi connectivity index (χ2n) is 6.52. The molecule has 1 fully saturated rings. The van der Waals surface area contributed by atoms with Gasteiger partial charge in [-0.3, -0.25) is 9.59 Å². The summed E-state index contributed by atoms with van der Waals surface area (Å²) >= 11 is 1.50. The molecule has 2 aromatic rings. The summed E-state index contributed by atoms with van der Waals surface area (Å²) in [4.78, 5) is 28.7. The van der Waals surface area contributed by atoms with Crippen LogP contribution in [0.3, 0.4) is 0 Å². The lowest BCUT2D eigenvalue weighted by Gasteiger charge is -2.32. The quantitative estimate of drug-likeness (QED) is 0.784. The second kappa shape index (κ2) is 8.56. The molecule has 1 aromatic carbocycles. The van der Waals surface area contributed by atoms with Crippen molar-refractivity contribution in [2.75, 3.05) is 18.8 Å². The zero-order chi connectivity index (χ0) is 18.0. The Kier molecular flexibility index (Phi) is 6.67. The molecule has 1 aliphatic heterocycles.